The number of urea groups is 1. The highest BCUT2D eigenvalue weighted by molar-refractivity contribution is 8.00. The van der Waals surface area contributed by atoms with Crippen LogP contribution < -0.4 is 16.0 Å². The van der Waals surface area contributed by atoms with Crippen LogP contribution in [0.4, 0.5) is 9.59 Å². The molecular weight excluding hydrogens is 322 g/mol. The molecule has 2 aliphatic rings. The maximum Gasteiger partial charge on any atom is 0.508 e. The molecule has 0 bridgehead atoms. The van der Waals surface area contributed by atoms with E-state index < -0.39 is 6.16 Å². The van der Waals surface area contributed by atoms with Crippen molar-refractivity contribution in [1.82, 2.24) is 16.0 Å². The average molecular weight is 345 g/mol. The zero-order valence-corrected chi connectivity index (χ0v) is 13.9. The largest absolute Gasteiger partial charge is 0.508 e. The van der Waals surface area contributed by atoms with E-state index in [-0.39, 0.29) is 37.2 Å². The molecule has 2 fully saturated rings. The van der Waals surface area contributed by atoms with Gasteiger partial charge in [0, 0.05) is 17.4 Å². The van der Waals surface area contributed by atoms with Crippen molar-refractivity contribution in [2.75, 3.05) is 26.0 Å². The third-order valence-electron chi connectivity index (χ3n) is 3.89. The fourth-order valence-electron chi connectivity index (χ4n) is 2.75. The normalized spacial score (nSPS) is 25.3. The van der Waals surface area contributed by atoms with Crippen molar-refractivity contribution in [2.45, 2.75) is 43.0 Å². The summed E-state index contributed by atoms with van der Waals surface area (Å²) >= 11 is 1.88. The third-order valence-corrected chi connectivity index (χ3v) is 5.40. The fourth-order valence-corrected chi connectivity index (χ4v) is 4.29. The Morgan fingerprint density at radius 1 is 1.35 bits per heavy atom. The van der Waals surface area contributed by atoms with Crippen LogP contribution in [0.5, 0.6) is 0 Å². The van der Waals surface area contributed by atoms with Gasteiger partial charge in [-0.3, -0.25) is 4.79 Å². The Kier molecular flexibility index (Phi) is 6.82. The molecule has 0 aromatic rings. The first-order valence-corrected chi connectivity index (χ1v) is 8.81. The third kappa shape index (κ3) is 5.49. The van der Waals surface area contributed by atoms with Crippen molar-refractivity contribution < 1.29 is 23.9 Å². The van der Waals surface area contributed by atoms with Gasteiger partial charge in [-0.1, -0.05) is 6.42 Å². The predicted molar refractivity (Wildman–Crippen MR) is 85.3 cm³/mol. The van der Waals surface area contributed by atoms with Gasteiger partial charge in [0.05, 0.1) is 25.7 Å². The molecule has 0 aromatic heterocycles. The highest BCUT2D eigenvalue weighted by Gasteiger charge is 2.42. The first kappa shape index (κ1) is 17.7. The van der Waals surface area contributed by atoms with E-state index in [1.54, 1.807) is 0 Å². The van der Waals surface area contributed by atoms with E-state index in [1.807, 2.05) is 11.8 Å². The van der Waals surface area contributed by atoms with Gasteiger partial charge in [0.1, 0.15) is 6.61 Å². The number of rotatable bonds is 8. The minimum atomic E-state index is -0.750. The summed E-state index contributed by atoms with van der Waals surface area (Å²) in [5.74, 6) is 0.903. The number of methoxy groups -OCH3 is 1. The molecule has 0 radical (unpaired) electrons. The number of hydrogen-bond donors (Lipinski definition) is 3. The molecule has 3 N–H and O–H groups in total. The number of carbonyl (C=O) groups excluding carboxylic acids is 3. The van der Waals surface area contributed by atoms with Crippen LogP contribution in [0.1, 0.15) is 25.7 Å². The van der Waals surface area contributed by atoms with Crippen molar-refractivity contribution in [2.24, 2.45) is 0 Å². The summed E-state index contributed by atoms with van der Waals surface area (Å²) in [5.41, 5.74) is 0. The zero-order valence-electron chi connectivity index (χ0n) is 13.1. The Morgan fingerprint density at radius 2 is 2.17 bits per heavy atom. The lowest BCUT2D eigenvalue weighted by Gasteiger charge is -2.16. The van der Waals surface area contributed by atoms with Gasteiger partial charge in [0.2, 0.25) is 5.91 Å². The van der Waals surface area contributed by atoms with Crippen molar-refractivity contribution in [3.05, 3.63) is 0 Å². The van der Waals surface area contributed by atoms with Gasteiger partial charge >= 0.3 is 12.2 Å². The van der Waals surface area contributed by atoms with Crippen LogP contribution >= 0.6 is 11.8 Å². The van der Waals surface area contributed by atoms with Crippen LogP contribution in [-0.2, 0) is 14.3 Å². The Bertz CT molecular complexity index is 448. The smallest absolute Gasteiger partial charge is 0.438 e. The van der Waals surface area contributed by atoms with Crippen molar-refractivity contribution in [3.63, 3.8) is 0 Å². The molecule has 23 heavy (non-hydrogen) atoms. The molecule has 2 aliphatic heterocycles. The van der Waals surface area contributed by atoms with Crippen LogP contribution in [0.2, 0.25) is 0 Å². The number of nitrogens with one attached hydrogen (secondary N) is 3. The molecule has 2 rings (SSSR count). The second-order valence-corrected chi connectivity index (χ2v) is 6.79. The maximum atomic E-state index is 11.6. The van der Waals surface area contributed by atoms with E-state index in [9.17, 15) is 14.4 Å². The van der Waals surface area contributed by atoms with E-state index in [4.69, 9.17) is 0 Å². The van der Waals surface area contributed by atoms with Crippen LogP contribution in [0.15, 0.2) is 0 Å². The monoisotopic (exact) mass is 345 g/mol. The molecule has 2 saturated heterocycles. The molecular formula is C14H23N3O5S. The predicted octanol–water partition coefficient (Wildman–Crippen LogP) is 0.611. The maximum absolute atomic E-state index is 11.6. The highest BCUT2D eigenvalue weighted by Crippen LogP contribution is 2.33. The molecule has 0 saturated carbocycles. The van der Waals surface area contributed by atoms with Crippen LogP contribution in [-0.4, -0.2) is 61.4 Å². The SMILES string of the molecule is COC(=O)OCCNC(=O)CCCCC1SCC2NC(=O)NC21. The second-order valence-electron chi connectivity index (χ2n) is 5.52. The van der Waals surface area contributed by atoms with E-state index in [1.165, 1.54) is 7.11 Å². The molecule has 0 spiro atoms. The number of fused-ring (bicyclic) bond motifs is 1. The Labute approximate surface area is 139 Å². The van der Waals surface area contributed by atoms with Crippen molar-refractivity contribution in [1.29, 1.82) is 0 Å². The molecule has 130 valence electrons. The van der Waals surface area contributed by atoms with Gasteiger partial charge < -0.3 is 25.4 Å². The average Bonchev–Trinajstić information content (AvgIpc) is 3.07. The Hall–Kier alpha value is -1.64. The number of hydrogen-bond acceptors (Lipinski definition) is 6. The lowest BCUT2D eigenvalue weighted by atomic mass is 10.0. The molecule has 0 aliphatic carbocycles. The molecule has 9 heteroatoms. The fraction of sp³-hybridized carbons (Fsp3) is 0.786. The summed E-state index contributed by atoms with van der Waals surface area (Å²) in [4.78, 5) is 33.6. The van der Waals surface area contributed by atoms with E-state index in [0.29, 0.717) is 11.7 Å². The summed E-state index contributed by atoms with van der Waals surface area (Å²) in [5, 5.41) is 8.99. The molecule has 2 heterocycles. The van der Waals surface area contributed by atoms with Crippen molar-refractivity contribution in [3.8, 4) is 0 Å². The standard InChI is InChI=1S/C14H23N3O5S/c1-21-14(20)22-7-6-15-11(18)5-3-2-4-10-12-9(8-23-10)16-13(19)17-12/h9-10,12H,2-8H2,1H3,(H,15,18)(H2,16,17,19). The Balaban J connectivity index is 1.49. The van der Waals surface area contributed by atoms with E-state index in [0.717, 1.165) is 25.0 Å². The van der Waals surface area contributed by atoms with Crippen LogP contribution in [0.3, 0.4) is 0 Å². The molecule has 0 aromatic carbocycles. The topological polar surface area (TPSA) is 106 Å². The molecule has 3 amide bonds. The molecule has 8 nitrogen and oxygen atoms in total. The number of thioether (sulfide) groups is 1. The van der Waals surface area contributed by atoms with Gasteiger partial charge in [-0.15, -0.1) is 0 Å². The number of carbonyl (C=O) groups is 3. The highest BCUT2D eigenvalue weighted by atomic mass is 32.2. The van der Waals surface area contributed by atoms with E-state index in [2.05, 4.69) is 25.4 Å². The molecule has 3 atom stereocenters. The van der Waals surface area contributed by atoms with E-state index >= 15 is 0 Å². The quantitative estimate of drug-likeness (QED) is 0.338. The zero-order chi connectivity index (χ0) is 16.7. The lowest BCUT2D eigenvalue weighted by molar-refractivity contribution is -0.121. The van der Waals surface area contributed by atoms with Gasteiger partial charge in [0.25, 0.3) is 0 Å². The first-order valence-electron chi connectivity index (χ1n) is 7.76. The summed E-state index contributed by atoms with van der Waals surface area (Å²) in [6.07, 6.45) is 2.45. The van der Waals surface area contributed by atoms with Gasteiger partial charge in [0.15, 0.2) is 0 Å². The summed E-state index contributed by atoms with van der Waals surface area (Å²) in [6, 6.07) is 0.395. The Morgan fingerprint density at radius 3 is 2.96 bits per heavy atom. The lowest BCUT2D eigenvalue weighted by Crippen LogP contribution is -2.36. The summed E-state index contributed by atoms with van der Waals surface area (Å²) < 4.78 is 8.98. The van der Waals surface area contributed by atoms with Crippen LogP contribution in [0.25, 0.3) is 0 Å². The summed E-state index contributed by atoms with van der Waals surface area (Å²) in [7, 11) is 1.23. The minimum absolute atomic E-state index is 0.0498. The van der Waals surface area contributed by atoms with Crippen LogP contribution in [0, 0.1) is 0 Å². The number of amides is 3. The first-order chi connectivity index (χ1) is 11.1. The van der Waals surface area contributed by atoms with Gasteiger partial charge in [-0.25, -0.2) is 9.59 Å². The molecule has 3 unspecified atom stereocenters. The minimum Gasteiger partial charge on any atom is -0.438 e. The number of unbranched alkanes of at least 4 members (excludes halogenated alkanes) is 1. The second kappa shape index (κ2) is 8.85. The van der Waals surface area contributed by atoms with Gasteiger partial charge in [-0.05, 0) is 12.8 Å². The summed E-state index contributed by atoms with van der Waals surface area (Å²) in [6.45, 7) is 0.390. The van der Waals surface area contributed by atoms with Gasteiger partial charge in [-0.2, -0.15) is 11.8 Å². The van der Waals surface area contributed by atoms with Crippen molar-refractivity contribution >= 4 is 29.9 Å². The number of ether oxygens (including phenoxy) is 2.